The first-order valence-corrected chi connectivity index (χ1v) is 41.9. The predicted molar refractivity (Wildman–Crippen MR) is 381 cm³/mol. The van der Waals surface area contributed by atoms with Crippen molar-refractivity contribution >= 4 is 39.5 Å². The molecular weight excluding hydrogens is 1230 g/mol. The van der Waals surface area contributed by atoms with Gasteiger partial charge in [0.25, 0.3) is 0 Å². The van der Waals surface area contributed by atoms with Gasteiger partial charge in [0.1, 0.15) is 19.3 Å². The number of ether oxygens (including phenoxy) is 4. The number of phosphoric acid groups is 2. The zero-order chi connectivity index (χ0) is 69.4. The summed E-state index contributed by atoms with van der Waals surface area (Å²) < 4.78 is 68.5. The van der Waals surface area contributed by atoms with Gasteiger partial charge in [0.2, 0.25) is 0 Å². The van der Waals surface area contributed by atoms with E-state index in [9.17, 15) is 43.2 Å². The van der Waals surface area contributed by atoms with Crippen molar-refractivity contribution in [3.63, 3.8) is 0 Å². The van der Waals surface area contributed by atoms with Crippen molar-refractivity contribution in [1.29, 1.82) is 0 Å². The van der Waals surface area contributed by atoms with Gasteiger partial charge in [-0.05, 0) is 43.4 Å². The number of rotatable bonds is 73. The van der Waals surface area contributed by atoms with Crippen LogP contribution < -0.4 is 0 Å². The number of hydrogen-bond acceptors (Lipinski definition) is 15. The van der Waals surface area contributed by atoms with Crippen LogP contribution in [0, 0.1) is 17.8 Å². The summed E-state index contributed by atoms with van der Waals surface area (Å²) in [5, 5.41) is 10.6. The minimum absolute atomic E-state index is 0.104. The van der Waals surface area contributed by atoms with Gasteiger partial charge in [0, 0.05) is 25.7 Å². The topological polar surface area (TPSA) is 237 Å². The van der Waals surface area contributed by atoms with Crippen molar-refractivity contribution in [2.75, 3.05) is 39.6 Å². The van der Waals surface area contributed by atoms with E-state index in [2.05, 4.69) is 48.5 Å². The minimum Gasteiger partial charge on any atom is -0.462 e. The molecule has 0 aliphatic carbocycles. The summed E-state index contributed by atoms with van der Waals surface area (Å²) in [7, 11) is -9.91. The minimum atomic E-state index is -4.96. The molecule has 0 fully saturated rings. The highest BCUT2D eigenvalue weighted by molar-refractivity contribution is 7.47. The Morgan fingerprint density at radius 1 is 0.309 bits per heavy atom. The largest absolute Gasteiger partial charge is 0.472 e. The number of esters is 4. The van der Waals surface area contributed by atoms with Crippen LogP contribution >= 0.6 is 15.6 Å². The molecule has 0 aromatic heterocycles. The van der Waals surface area contributed by atoms with Gasteiger partial charge in [-0.2, -0.15) is 0 Å². The lowest BCUT2D eigenvalue weighted by Gasteiger charge is -2.21. The third-order valence-electron chi connectivity index (χ3n) is 17.7. The fraction of sp³-hybridized carbons (Fsp3) is 0.947. The number of unbranched alkanes of at least 4 members (excludes halogenated alkanes) is 40. The van der Waals surface area contributed by atoms with E-state index in [1.54, 1.807) is 0 Å². The number of carbonyl (C=O) groups excluding carboxylic acids is 4. The molecule has 17 nitrogen and oxygen atoms in total. The molecule has 3 unspecified atom stereocenters. The zero-order valence-electron chi connectivity index (χ0n) is 61.4. The zero-order valence-corrected chi connectivity index (χ0v) is 63.2. The van der Waals surface area contributed by atoms with Gasteiger partial charge in [-0.1, -0.05) is 331 Å². The predicted octanol–water partition coefficient (Wildman–Crippen LogP) is 21.8. The third-order valence-corrected chi connectivity index (χ3v) is 19.6. The molecule has 0 heterocycles. The maximum atomic E-state index is 13.1. The second kappa shape index (κ2) is 65.7. The molecule has 0 radical (unpaired) electrons. The number of hydrogen-bond donors (Lipinski definition) is 3. The first kappa shape index (κ1) is 92.1. The van der Waals surface area contributed by atoms with Crippen LogP contribution in [-0.4, -0.2) is 96.7 Å². The Kier molecular flexibility index (Phi) is 64.3. The van der Waals surface area contributed by atoms with Crippen molar-refractivity contribution < 1.29 is 80.2 Å². The van der Waals surface area contributed by atoms with E-state index in [1.807, 2.05) is 0 Å². The summed E-state index contributed by atoms with van der Waals surface area (Å²) in [6, 6.07) is 0. The molecule has 0 saturated heterocycles. The molecule has 0 saturated carbocycles. The Labute approximate surface area is 575 Å². The third kappa shape index (κ3) is 67.3. The molecule has 0 rings (SSSR count). The van der Waals surface area contributed by atoms with Crippen LogP contribution in [0.4, 0.5) is 0 Å². The average molecular weight is 1380 g/mol. The second-order valence-corrected chi connectivity index (χ2v) is 31.1. The summed E-state index contributed by atoms with van der Waals surface area (Å²) in [5.41, 5.74) is 0. The monoisotopic (exact) mass is 1380 g/mol. The molecule has 94 heavy (non-hydrogen) atoms. The molecule has 3 N–H and O–H groups in total. The van der Waals surface area contributed by atoms with E-state index in [-0.39, 0.29) is 25.7 Å². The number of phosphoric ester groups is 2. The first-order valence-electron chi connectivity index (χ1n) is 38.9. The molecule has 0 aromatic rings. The van der Waals surface area contributed by atoms with E-state index in [0.29, 0.717) is 25.7 Å². The molecule has 0 amide bonds. The van der Waals surface area contributed by atoms with Gasteiger partial charge in [-0.15, -0.1) is 0 Å². The van der Waals surface area contributed by atoms with Crippen LogP contribution in [-0.2, 0) is 65.4 Å². The standard InChI is InChI=1S/C75H146O17P2/c1-8-10-11-12-13-14-15-16-17-18-22-25-28-34-42-49-56-72(77)85-62-70(91-74(79)58-51-44-35-29-26-23-20-19-21-24-27-32-39-46-53-66(3)4)64-89-93(81,82)87-60-69(76)61-88-94(83,84)90-65-71(63-86-73(78)57-50-43-38-37-41-48-55-68(7)9-2)92-75(80)59-52-45-36-31-30-33-40-47-54-67(5)6/h66-71,76H,8-65H2,1-7H3,(H,81,82)(H,83,84)/t68?,69-,70-,71-/m1/s1. The van der Waals surface area contributed by atoms with Gasteiger partial charge in [0.15, 0.2) is 12.2 Å². The smallest absolute Gasteiger partial charge is 0.462 e. The van der Waals surface area contributed by atoms with Gasteiger partial charge >= 0.3 is 39.5 Å². The summed E-state index contributed by atoms with van der Waals surface area (Å²) in [6.07, 6.45) is 51.4. The lowest BCUT2D eigenvalue weighted by molar-refractivity contribution is -0.161. The number of carbonyl (C=O) groups is 4. The van der Waals surface area contributed by atoms with E-state index < -0.39 is 97.5 Å². The highest BCUT2D eigenvalue weighted by Crippen LogP contribution is 2.45. The van der Waals surface area contributed by atoms with Crippen LogP contribution in [0.5, 0.6) is 0 Å². The Balaban J connectivity index is 5.24. The SMILES string of the molecule is CCCCCCCCCCCCCCCCCCC(=O)OC[C@H](COP(=O)(O)OC[C@@H](O)COP(=O)(O)OC[C@@H](COC(=O)CCCCCCCCC(C)CC)OC(=O)CCCCCCCCCCC(C)C)OC(=O)CCCCCCCCCCCCCCCCC(C)C. The Bertz CT molecular complexity index is 1840. The van der Waals surface area contributed by atoms with Crippen molar-refractivity contribution in [2.45, 2.75) is 401 Å². The number of aliphatic hydroxyl groups excluding tert-OH is 1. The van der Waals surface area contributed by atoms with Crippen LogP contribution in [0.1, 0.15) is 382 Å². The lowest BCUT2D eigenvalue weighted by atomic mass is 10.00. The van der Waals surface area contributed by atoms with Crippen molar-refractivity contribution in [3.05, 3.63) is 0 Å². The summed E-state index contributed by atoms with van der Waals surface area (Å²) >= 11 is 0. The molecule has 558 valence electrons. The van der Waals surface area contributed by atoms with Gasteiger partial charge in [-0.25, -0.2) is 9.13 Å². The Hall–Kier alpha value is -1.94. The van der Waals surface area contributed by atoms with Crippen LogP contribution in [0.3, 0.4) is 0 Å². The van der Waals surface area contributed by atoms with Crippen molar-refractivity contribution in [1.82, 2.24) is 0 Å². The van der Waals surface area contributed by atoms with Gasteiger partial charge < -0.3 is 33.8 Å². The fourth-order valence-electron chi connectivity index (χ4n) is 11.4. The van der Waals surface area contributed by atoms with E-state index >= 15 is 0 Å². The van der Waals surface area contributed by atoms with Gasteiger partial charge in [0.05, 0.1) is 26.4 Å². The van der Waals surface area contributed by atoms with Crippen molar-refractivity contribution in [2.24, 2.45) is 17.8 Å². The highest BCUT2D eigenvalue weighted by Gasteiger charge is 2.30. The molecule has 0 bridgehead atoms. The summed E-state index contributed by atoms with van der Waals surface area (Å²) in [5.74, 6) is 0.123. The maximum Gasteiger partial charge on any atom is 0.472 e. The average Bonchev–Trinajstić information content (AvgIpc) is 2.13. The summed E-state index contributed by atoms with van der Waals surface area (Å²) in [6.45, 7) is 11.8. The first-order chi connectivity index (χ1) is 45.3. The van der Waals surface area contributed by atoms with Crippen molar-refractivity contribution in [3.8, 4) is 0 Å². The lowest BCUT2D eigenvalue weighted by Crippen LogP contribution is -2.30. The van der Waals surface area contributed by atoms with Crippen LogP contribution in [0.15, 0.2) is 0 Å². The molecule has 0 aromatic carbocycles. The quantitative estimate of drug-likeness (QED) is 0.0222. The fourth-order valence-corrected chi connectivity index (χ4v) is 13.0. The number of aliphatic hydroxyl groups is 1. The normalized spacial score (nSPS) is 14.4. The molecule has 0 aliphatic heterocycles. The van der Waals surface area contributed by atoms with Crippen LogP contribution in [0.25, 0.3) is 0 Å². The van der Waals surface area contributed by atoms with Crippen LogP contribution in [0.2, 0.25) is 0 Å². The highest BCUT2D eigenvalue weighted by atomic mass is 31.2. The Morgan fingerprint density at radius 3 is 0.809 bits per heavy atom. The molecule has 19 heteroatoms. The molecule has 0 spiro atoms. The van der Waals surface area contributed by atoms with Gasteiger partial charge in [-0.3, -0.25) is 37.3 Å². The van der Waals surface area contributed by atoms with E-state index in [4.69, 9.17) is 37.0 Å². The maximum absolute atomic E-state index is 13.1. The Morgan fingerprint density at radius 2 is 0.543 bits per heavy atom. The molecule has 6 atom stereocenters. The molecular formula is C75H146O17P2. The second-order valence-electron chi connectivity index (χ2n) is 28.2. The molecule has 0 aliphatic rings. The van der Waals surface area contributed by atoms with E-state index in [0.717, 1.165) is 114 Å². The summed E-state index contributed by atoms with van der Waals surface area (Å²) in [4.78, 5) is 72.7. The van der Waals surface area contributed by atoms with E-state index in [1.165, 1.54) is 186 Å².